The number of carbonyl (C=O) groups is 1. The summed E-state index contributed by atoms with van der Waals surface area (Å²) in [5.74, 6) is -0.289. The molecule has 1 aromatic heterocycles. The van der Waals surface area contributed by atoms with E-state index in [4.69, 9.17) is 0 Å². The van der Waals surface area contributed by atoms with Crippen molar-refractivity contribution in [3.05, 3.63) is 69.8 Å². The van der Waals surface area contributed by atoms with Gasteiger partial charge in [-0.3, -0.25) is 20.0 Å². The number of nitro groups is 1. The Morgan fingerprint density at radius 1 is 1.24 bits per heavy atom. The van der Waals surface area contributed by atoms with Crippen LogP contribution < -0.4 is 5.32 Å². The molecule has 0 aliphatic rings. The van der Waals surface area contributed by atoms with Crippen molar-refractivity contribution in [2.75, 3.05) is 5.32 Å². The monoisotopic (exact) mass is 341 g/mol. The summed E-state index contributed by atoms with van der Waals surface area (Å²) in [5.41, 5.74) is 0.361. The molecule has 1 amide bonds. The summed E-state index contributed by atoms with van der Waals surface area (Å²) in [6, 6.07) is 9.44. The van der Waals surface area contributed by atoms with Gasteiger partial charge in [-0.1, -0.05) is 0 Å². The van der Waals surface area contributed by atoms with Gasteiger partial charge in [0, 0.05) is 11.3 Å². The fraction of sp³-hybridized carbons (Fsp3) is 0.0625. The molecule has 3 rings (SSSR count). The summed E-state index contributed by atoms with van der Waals surface area (Å²) < 4.78 is 13.2. The number of rotatable bonds is 4. The Hall–Kier alpha value is -3.62. The molecule has 0 bridgehead atoms. The molecule has 0 radical (unpaired) electrons. The number of aromatic nitrogens is 3. The number of hydrogen-bond donors (Lipinski definition) is 2. The Morgan fingerprint density at radius 3 is 2.56 bits per heavy atom. The van der Waals surface area contributed by atoms with E-state index >= 15 is 0 Å². The molecule has 2 aromatic carbocycles. The topological polar surface area (TPSA) is 114 Å². The number of H-pyrrole nitrogens is 1. The van der Waals surface area contributed by atoms with Gasteiger partial charge in [0.1, 0.15) is 17.2 Å². The second-order valence-electron chi connectivity index (χ2n) is 5.19. The highest BCUT2D eigenvalue weighted by atomic mass is 19.1. The van der Waals surface area contributed by atoms with Crippen LogP contribution in [-0.2, 0) is 0 Å². The number of amides is 1. The quantitative estimate of drug-likeness (QED) is 0.559. The van der Waals surface area contributed by atoms with Gasteiger partial charge in [0.25, 0.3) is 11.6 Å². The number of nitrogens with one attached hydrogen (secondary N) is 2. The van der Waals surface area contributed by atoms with Gasteiger partial charge >= 0.3 is 0 Å². The Kier molecular flexibility index (Phi) is 4.21. The van der Waals surface area contributed by atoms with E-state index in [9.17, 15) is 19.3 Å². The molecule has 3 aromatic rings. The van der Waals surface area contributed by atoms with E-state index in [0.29, 0.717) is 23.4 Å². The average molecular weight is 341 g/mol. The minimum absolute atomic E-state index is 0.222. The minimum atomic E-state index is -0.799. The lowest BCUT2D eigenvalue weighted by atomic mass is 10.1. The third-order valence-corrected chi connectivity index (χ3v) is 3.40. The van der Waals surface area contributed by atoms with Gasteiger partial charge in [-0.2, -0.15) is 5.10 Å². The predicted molar refractivity (Wildman–Crippen MR) is 87.6 cm³/mol. The van der Waals surface area contributed by atoms with Crippen LogP contribution in [0, 0.1) is 22.9 Å². The molecule has 0 fully saturated rings. The Balaban J connectivity index is 1.81. The highest BCUT2D eigenvalue weighted by Crippen LogP contribution is 2.22. The highest BCUT2D eigenvalue weighted by molar-refractivity contribution is 6.07. The zero-order valence-electron chi connectivity index (χ0n) is 13.0. The van der Waals surface area contributed by atoms with Crippen molar-refractivity contribution in [3.8, 4) is 11.4 Å². The SMILES string of the molecule is Cc1nc(-c2ccc(NC(=O)c3ccc(F)cc3[N+](=O)[O-])cc2)n[nH]1. The first-order chi connectivity index (χ1) is 11.9. The predicted octanol–water partition coefficient (Wildman–Crippen LogP) is 3.08. The molecule has 0 saturated carbocycles. The number of benzene rings is 2. The van der Waals surface area contributed by atoms with Crippen LogP contribution in [0.3, 0.4) is 0 Å². The van der Waals surface area contributed by atoms with Gasteiger partial charge in [-0.25, -0.2) is 9.37 Å². The summed E-state index contributed by atoms with van der Waals surface area (Å²) in [6.07, 6.45) is 0. The number of nitrogens with zero attached hydrogens (tertiary/aromatic N) is 3. The molecule has 0 unspecified atom stereocenters. The third kappa shape index (κ3) is 3.50. The summed E-state index contributed by atoms with van der Waals surface area (Å²) >= 11 is 0. The maximum absolute atomic E-state index is 13.2. The molecule has 0 saturated heterocycles. The number of aromatic amines is 1. The van der Waals surface area contributed by atoms with E-state index in [1.54, 1.807) is 31.2 Å². The number of aryl methyl sites for hydroxylation is 1. The van der Waals surface area contributed by atoms with Crippen LogP contribution in [0.1, 0.15) is 16.2 Å². The molecule has 1 heterocycles. The second-order valence-corrected chi connectivity index (χ2v) is 5.19. The third-order valence-electron chi connectivity index (χ3n) is 3.40. The van der Waals surface area contributed by atoms with Crippen molar-refractivity contribution in [1.82, 2.24) is 15.2 Å². The van der Waals surface area contributed by atoms with Crippen LogP contribution >= 0.6 is 0 Å². The number of nitro benzene ring substituents is 1. The first-order valence-corrected chi connectivity index (χ1v) is 7.19. The zero-order chi connectivity index (χ0) is 18.0. The Bertz CT molecular complexity index is 953. The molecule has 2 N–H and O–H groups in total. The van der Waals surface area contributed by atoms with Crippen molar-refractivity contribution in [3.63, 3.8) is 0 Å². The van der Waals surface area contributed by atoms with E-state index in [2.05, 4.69) is 20.5 Å². The lowest BCUT2D eigenvalue weighted by molar-refractivity contribution is -0.385. The molecule has 126 valence electrons. The van der Waals surface area contributed by atoms with Gasteiger partial charge in [-0.15, -0.1) is 0 Å². The summed E-state index contributed by atoms with van der Waals surface area (Å²) in [4.78, 5) is 26.6. The van der Waals surface area contributed by atoms with Crippen LogP contribution in [0.15, 0.2) is 42.5 Å². The molecule has 25 heavy (non-hydrogen) atoms. The molecule has 9 heteroatoms. The van der Waals surface area contributed by atoms with Crippen molar-refractivity contribution in [2.24, 2.45) is 0 Å². The van der Waals surface area contributed by atoms with Crippen molar-refractivity contribution in [1.29, 1.82) is 0 Å². The summed E-state index contributed by atoms with van der Waals surface area (Å²) in [5, 5.41) is 20.3. The lowest BCUT2D eigenvalue weighted by Gasteiger charge is -2.06. The van der Waals surface area contributed by atoms with E-state index in [0.717, 1.165) is 17.7 Å². The van der Waals surface area contributed by atoms with Crippen LogP contribution in [0.2, 0.25) is 0 Å². The van der Waals surface area contributed by atoms with E-state index < -0.39 is 22.3 Å². The number of hydrogen-bond acceptors (Lipinski definition) is 5. The fourth-order valence-corrected chi connectivity index (χ4v) is 2.22. The molecular weight excluding hydrogens is 329 g/mol. The maximum Gasteiger partial charge on any atom is 0.285 e. The summed E-state index contributed by atoms with van der Waals surface area (Å²) in [6.45, 7) is 1.78. The molecule has 0 aliphatic heterocycles. The van der Waals surface area contributed by atoms with E-state index in [-0.39, 0.29) is 5.56 Å². The first-order valence-electron chi connectivity index (χ1n) is 7.19. The smallest absolute Gasteiger partial charge is 0.285 e. The normalized spacial score (nSPS) is 10.5. The van der Waals surface area contributed by atoms with Gasteiger partial charge in [0.05, 0.1) is 11.0 Å². The summed E-state index contributed by atoms with van der Waals surface area (Å²) in [7, 11) is 0. The van der Waals surface area contributed by atoms with Gasteiger partial charge in [-0.05, 0) is 43.3 Å². The Labute approximate surface area is 140 Å². The maximum atomic E-state index is 13.2. The van der Waals surface area contributed by atoms with Crippen LogP contribution in [-0.4, -0.2) is 26.0 Å². The second kappa shape index (κ2) is 6.48. The molecule has 0 atom stereocenters. The van der Waals surface area contributed by atoms with E-state index in [1.165, 1.54) is 0 Å². The molecular formula is C16H12FN5O3. The van der Waals surface area contributed by atoms with Crippen LogP contribution in [0.25, 0.3) is 11.4 Å². The van der Waals surface area contributed by atoms with Crippen molar-refractivity contribution < 1.29 is 14.1 Å². The first kappa shape index (κ1) is 16.2. The molecule has 0 aliphatic carbocycles. The fourth-order valence-electron chi connectivity index (χ4n) is 2.22. The highest BCUT2D eigenvalue weighted by Gasteiger charge is 2.21. The van der Waals surface area contributed by atoms with Gasteiger partial charge in [0.15, 0.2) is 5.82 Å². The molecule has 0 spiro atoms. The Morgan fingerprint density at radius 2 is 1.96 bits per heavy atom. The van der Waals surface area contributed by atoms with Crippen LogP contribution in [0.5, 0.6) is 0 Å². The van der Waals surface area contributed by atoms with Crippen molar-refractivity contribution in [2.45, 2.75) is 6.92 Å². The zero-order valence-corrected chi connectivity index (χ0v) is 13.0. The van der Waals surface area contributed by atoms with Gasteiger partial charge in [0.2, 0.25) is 0 Å². The van der Waals surface area contributed by atoms with Crippen molar-refractivity contribution >= 4 is 17.3 Å². The minimum Gasteiger partial charge on any atom is -0.322 e. The lowest BCUT2D eigenvalue weighted by Crippen LogP contribution is -2.14. The number of carbonyl (C=O) groups excluding carboxylic acids is 1. The number of halogens is 1. The average Bonchev–Trinajstić information content (AvgIpc) is 3.01. The molecule has 8 nitrogen and oxygen atoms in total. The van der Waals surface area contributed by atoms with Crippen LogP contribution in [0.4, 0.5) is 15.8 Å². The standard InChI is InChI=1S/C16H12FN5O3/c1-9-18-15(21-20-9)10-2-5-12(6-3-10)19-16(23)13-7-4-11(17)8-14(13)22(24)25/h2-8H,1H3,(H,19,23)(H,18,20,21). The number of anilines is 1. The van der Waals surface area contributed by atoms with E-state index in [1.807, 2.05) is 0 Å². The van der Waals surface area contributed by atoms with Gasteiger partial charge < -0.3 is 5.32 Å². The largest absolute Gasteiger partial charge is 0.322 e.